The number of allylic oxidation sites excluding steroid dienone is 2. The molecule has 6 heteroatoms. The molecule has 6 nitrogen and oxygen atoms in total. The van der Waals surface area contributed by atoms with Gasteiger partial charge in [0.1, 0.15) is 0 Å². The van der Waals surface area contributed by atoms with E-state index in [1.165, 1.54) is 12.1 Å². The van der Waals surface area contributed by atoms with Crippen molar-refractivity contribution in [2.45, 2.75) is 6.42 Å². The first-order chi connectivity index (χ1) is 11.1. The molecular formula is C17H12N2O4. The van der Waals surface area contributed by atoms with Gasteiger partial charge in [0.2, 0.25) is 0 Å². The van der Waals surface area contributed by atoms with Crippen molar-refractivity contribution in [1.29, 1.82) is 0 Å². The number of carbonyl (C=O) groups is 4. The monoisotopic (exact) mass is 308 g/mol. The van der Waals surface area contributed by atoms with E-state index in [4.69, 9.17) is 0 Å². The van der Waals surface area contributed by atoms with Gasteiger partial charge in [-0.2, -0.15) is 10.0 Å². The van der Waals surface area contributed by atoms with Crippen LogP contribution in [0.25, 0.3) is 0 Å². The number of hydrogen-bond donors (Lipinski definition) is 0. The van der Waals surface area contributed by atoms with Crippen molar-refractivity contribution in [2.24, 2.45) is 23.7 Å². The Morgan fingerprint density at radius 3 is 1.70 bits per heavy atom. The number of fused-ring (bicyclic) bond motifs is 6. The third-order valence-corrected chi connectivity index (χ3v) is 5.42. The van der Waals surface area contributed by atoms with Gasteiger partial charge in [-0.25, -0.2) is 0 Å². The van der Waals surface area contributed by atoms with Gasteiger partial charge in [0, 0.05) is 0 Å². The van der Waals surface area contributed by atoms with Gasteiger partial charge in [-0.15, -0.1) is 0 Å². The molecule has 2 bridgehead atoms. The topological polar surface area (TPSA) is 74.8 Å². The predicted molar refractivity (Wildman–Crippen MR) is 76.5 cm³/mol. The van der Waals surface area contributed by atoms with Crippen molar-refractivity contribution in [3.63, 3.8) is 0 Å². The third-order valence-electron chi connectivity index (χ3n) is 5.42. The van der Waals surface area contributed by atoms with E-state index in [2.05, 4.69) is 0 Å². The zero-order valence-electron chi connectivity index (χ0n) is 12.0. The van der Waals surface area contributed by atoms with Crippen LogP contribution >= 0.6 is 0 Å². The van der Waals surface area contributed by atoms with Crippen LogP contribution in [0.1, 0.15) is 27.1 Å². The Morgan fingerprint density at radius 1 is 0.739 bits per heavy atom. The SMILES string of the molecule is O=C1c2ccccc2C(=O)N1N1C(=O)[C@@H]2[C@@H](C1=O)[C@H]1C=C[C@@H]2C1. The molecule has 0 radical (unpaired) electrons. The fourth-order valence-electron chi connectivity index (χ4n) is 4.44. The number of rotatable bonds is 1. The number of hydrogen-bond acceptors (Lipinski definition) is 4. The van der Waals surface area contributed by atoms with Crippen molar-refractivity contribution in [1.82, 2.24) is 10.0 Å². The highest BCUT2D eigenvalue weighted by atomic mass is 16.2. The van der Waals surface area contributed by atoms with Gasteiger partial charge in [0.15, 0.2) is 0 Å². The summed E-state index contributed by atoms with van der Waals surface area (Å²) >= 11 is 0. The van der Waals surface area contributed by atoms with Crippen LogP contribution < -0.4 is 0 Å². The van der Waals surface area contributed by atoms with Gasteiger partial charge in [0.25, 0.3) is 23.6 Å². The van der Waals surface area contributed by atoms with Crippen LogP contribution in [0.4, 0.5) is 0 Å². The first-order valence-electron chi connectivity index (χ1n) is 7.63. The normalized spacial score (nSPS) is 33.9. The van der Waals surface area contributed by atoms with Crippen LogP contribution in [0, 0.1) is 23.7 Å². The van der Waals surface area contributed by atoms with Crippen LogP contribution in [0.2, 0.25) is 0 Å². The van der Waals surface area contributed by atoms with Gasteiger partial charge in [-0.3, -0.25) is 19.2 Å². The molecule has 2 heterocycles. The molecule has 0 aromatic heterocycles. The smallest absolute Gasteiger partial charge is 0.272 e. The highest BCUT2D eigenvalue weighted by molar-refractivity contribution is 6.24. The first kappa shape index (κ1) is 12.8. The van der Waals surface area contributed by atoms with E-state index < -0.39 is 35.5 Å². The Hall–Kier alpha value is -2.76. The maximum absolute atomic E-state index is 12.7. The lowest BCUT2D eigenvalue weighted by Crippen LogP contribution is -2.50. The lowest BCUT2D eigenvalue weighted by atomic mass is 9.85. The van der Waals surface area contributed by atoms with Gasteiger partial charge >= 0.3 is 0 Å². The van der Waals surface area contributed by atoms with Crippen LogP contribution in [0.15, 0.2) is 36.4 Å². The summed E-state index contributed by atoms with van der Waals surface area (Å²) in [5.74, 6) is -2.83. The molecule has 4 aliphatic rings. The van der Waals surface area contributed by atoms with Crippen LogP contribution in [-0.4, -0.2) is 33.6 Å². The number of hydrazine groups is 1. The largest absolute Gasteiger partial charge is 0.281 e. The van der Waals surface area contributed by atoms with Crippen molar-refractivity contribution in [2.75, 3.05) is 0 Å². The lowest BCUT2D eigenvalue weighted by Gasteiger charge is -2.25. The average Bonchev–Trinajstić information content (AvgIpc) is 3.28. The number of nitrogens with zero attached hydrogens (tertiary/aromatic N) is 2. The van der Waals surface area contributed by atoms with Crippen molar-refractivity contribution < 1.29 is 19.2 Å². The van der Waals surface area contributed by atoms with Crippen molar-refractivity contribution in [3.8, 4) is 0 Å². The summed E-state index contributed by atoms with van der Waals surface area (Å²) < 4.78 is 0. The van der Waals surface area contributed by atoms with Gasteiger partial charge < -0.3 is 0 Å². The molecule has 1 aromatic rings. The van der Waals surface area contributed by atoms with E-state index in [0.29, 0.717) is 0 Å². The van der Waals surface area contributed by atoms with Crippen LogP contribution in [0.5, 0.6) is 0 Å². The number of benzene rings is 1. The quantitative estimate of drug-likeness (QED) is 0.573. The second-order valence-corrected chi connectivity index (χ2v) is 6.46. The Bertz CT molecular complexity index is 778. The molecule has 0 spiro atoms. The van der Waals surface area contributed by atoms with Crippen molar-refractivity contribution >= 4 is 23.6 Å². The fraction of sp³-hybridized carbons (Fsp3) is 0.294. The van der Waals surface area contributed by atoms with Crippen molar-refractivity contribution in [3.05, 3.63) is 47.5 Å². The van der Waals surface area contributed by atoms with Crippen LogP contribution in [-0.2, 0) is 9.59 Å². The predicted octanol–water partition coefficient (Wildman–Crippen LogP) is 1.00. The minimum atomic E-state index is -0.604. The van der Waals surface area contributed by atoms with Gasteiger partial charge in [0.05, 0.1) is 23.0 Å². The van der Waals surface area contributed by atoms with E-state index in [1.54, 1.807) is 12.1 Å². The second kappa shape index (κ2) is 3.95. The number of amides is 4. The molecule has 2 fully saturated rings. The molecule has 0 unspecified atom stereocenters. The molecule has 1 aromatic carbocycles. The van der Waals surface area contributed by atoms with Crippen LogP contribution in [0.3, 0.4) is 0 Å². The molecule has 23 heavy (non-hydrogen) atoms. The molecule has 1 saturated heterocycles. The zero-order chi connectivity index (χ0) is 15.9. The molecular weight excluding hydrogens is 296 g/mol. The summed E-state index contributed by atoms with van der Waals surface area (Å²) in [5.41, 5.74) is 0.465. The summed E-state index contributed by atoms with van der Waals surface area (Å²) in [4.78, 5) is 50.5. The molecule has 5 rings (SSSR count). The highest BCUT2D eigenvalue weighted by Gasteiger charge is 2.62. The fourth-order valence-corrected chi connectivity index (χ4v) is 4.44. The van der Waals surface area contributed by atoms with E-state index in [9.17, 15) is 19.2 Å². The Balaban J connectivity index is 1.57. The molecule has 2 aliphatic heterocycles. The van der Waals surface area contributed by atoms with Gasteiger partial charge in [-0.05, 0) is 30.4 Å². The van der Waals surface area contributed by atoms with E-state index in [1.807, 2.05) is 12.2 Å². The summed E-state index contributed by atoms with van der Waals surface area (Å²) in [6.45, 7) is 0. The zero-order valence-corrected chi connectivity index (χ0v) is 12.0. The molecule has 2 aliphatic carbocycles. The molecule has 0 N–H and O–H groups in total. The minimum absolute atomic E-state index is 0.0432. The summed E-state index contributed by atoms with van der Waals surface area (Å²) in [6.07, 6.45) is 4.76. The maximum atomic E-state index is 12.7. The highest BCUT2D eigenvalue weighted by Crippen LogP contribution is 2.53. The maximum Gasteiger partial charge on any atom is 0.281 e. The first-order valence-corrected chi connectivity index (χ1v) is 7.63. The lowest BCUT2D eigenvalue weighted by molar-refractivity contribution is -0.152. The number of imide groups is 2. The second-order valence-electron chi connectivity index (χ2n) is 6.46. The van der Waals surface area contributed by atoms with E-state index >= 15 is 0 Å². The standard InChI is InChI=1S/C17H12N2O4/c20-14-10-3-1-2-4-11(10)15(21)18(14)19-16(22)12-8-5-6-9(7-8)13(12)17(19)23/h1-6,8-9,12-13H,7H2/t8-,9+,12-,13-/m0/s1. The van der Waals surface area contributed by atoms with E-state index in [0.717, 1.165) is 16.4 Å². The van der Waals surface area contributed by atoms with Gasteiger partial charge in [-0.1, -0.05) is 24.3 Å². The Morgan fingerprint density at radius 2 is 1.22 bits per heavy atom. The third kappa shape index (κ3) is 1.34. The molecule has 1 saturated carbocycles. The Kier molecular flexibility index (Phi) is 2.19. The Labute approximate surface area is 131 Å². The minimum Gasteiger partial charge on any atom is -0.272 e. The molecule has 4 atom stereocenters. The molecule has 4 amide bonds. The number of carbonyl (C=O) groups excluding carboxylic acids is 4. The summed E-state index contributed by atoms with van der Waals surface area (Å²) in [7, 11) is 0. The summed E-state index contributed by atoms with van der Waals surface area (Å²) in [5, 5.41) is 1.53. The average molecular weight is 308 g/mol. The summed E-state index contributed by atoms with van der Waals surface area (Å²) in [6, 6.07) is 6.37. The van der Waals surface area contributed by atoms with E-state index in [-0.39, 0.29) is 23.0 Å². The molecule has 114 valence electrons.